The van der Waals surface area contributed by atoms with E-state index in [9.17, 15) is 4.79 Å². The molecular weight excluding hydrogens is 316 g/mol. The van der Waals surface area contributed by atoms with Crippen LogP contribution in [0.2, 0.25) is 5.02 Å². The fourth-order valence-electron chi connectivity index (χ4n) is 2.77. The molecule has 0 N–H and O–H groups in total. The molecule has 1 amide bonds. The Hall–Kier alpha value is -2.08. The minimum absolute atomic E-state index is 0.0609. The Balaban J connectivity index is 1.71. The summed E-state index contributed by atoms with van der Waals surface area (Å²) in [7, 11) is 1.61. The average Bonchev–Trinajstić information content (AvgIpc) is 3.01. The predicted molar refractivity (Wildman–Crippen MR) is 86.5 cm³/mol. The van der Waals surface area contributed by atoms with Gasteiger partial charge in [-0.15, -0.1) is 5.10 Å². The summed E-state index contributed by atoms with van der Waals surface area (Å²) in [6, 6.07) is 3.86. The van der Waals surface area contributed by atoms with Crippen molar-refractivity contribution in [3.8, 4) is 5.75 Å². The Morgan fingerprint density at radius 1 is 1.39 bits per heavy atom. The van der Waals surface area contributed by atoms with E-state index >= 15 is 0 Å². The molecule has 0 radical (unpaired) electrons. The summed E-state index contributed by atoms with van der Waals surface area (Å²) in [4.78, 5) is 14.3. The number of rotatable bonds is 4. The molecule has 2 aromatic rings. The molecule has 1 aromatic heterocycles. The largest absolute Gasteiger partial charge is 0.495 e. The molecule has 1 aromatic carbocycles. The summed E-state index contributed by atoms with van der Waals surface area (Å²) in [5, 5.41) is 8.57. The first-order chi connectivity index (χ1) is 11.1. The Labute approximate surface area is 140 Å². The van der Waals surface area contributed by atoms with E-state index in [1.807, 2.05) is 30.2 Å². The zero-order valence-electron chi connectivity index (χ0n) is 13.3. The maximum absolute atomic E-state index is 12.5. The molecule has 0 fully saturated rings. The number of amides is 1. The second-order valence-electron chi connectivity index (χ2n) is 5.56. The Bertz CT molecular complexity index is 729. The molecule has 7 heteroatoms. The van der Waals surface area contributed by atoms with Gasteiger partial charge in [0.1, 0.15) is 5.75 Å². The minimum atomic E-state index is 0.0609. The quantitative estimate of drug-likeness (QED) is 0.859. The zero-order valence-corrected chi connectivity index (χ0v) is 14.0. The van der Waals surface area contributed by atoms with Gasteiger partial charge in [-0.05, 0) is 36.6 Å². The van der Waals surface area contributed by atoms with E-state index in [2.05, 4.69) is 10.3 Å². The molecule has 0 bridgehead atoms. The van der Waals surface area contributed by atoms with Crippen molar-refractivity contribution in [1.29, 1.82) is 0 Å². The lowest BCUT2D eigenvalue weighted by atomic mass is 9.99. The van der Waals surface area contributed by atoms with Gasteiger partial charge in [0.25, 0.3) is 0 Å². The topological polar surface area (TPSA) is 60.2 Å². The van der Waals surface area contributed by atoms with Crippen LogP contribution in [0.4, 0.5) is 0 Å². The maximum atomic E-state index is 12.5. The van der Waals surface area contributed by atoms with Gasteiger partial charge in [-0.1, -0.05) is 16.8 Å². The number of halogens is 1. The number of aryl methyl sites for hydroxylation is 1. The fourth-order valence-corrected chi connectivity index (χ4v) is 3.03. The predicted octanol–water partition coefficient (Wildman–Crippen LogP) is 2.09. The first kappa shape index (κ1) is 15.8. The van der Waals surface area contributed by atoms with Crippen LogP contribution in [0.5, 0.6) is 5.75 Å². The molecule has 0 saturated heterocycles. The molecule has 0 atom stereocenters. The molecule has 0 aliphatic carbocycles. The molecule has 3 rings (SSSR count). The highest BCUT2D eigenvalue weighted by Gasteiger charge is 2.23. The summed E-state index contributed by atoms with van der Waals surface area (Å²) < 4.78 is 6.97. The highest BCUT2D eigenvalue weighted by Crippen LogP contribution is 2.31. The van der Waals surface area contributed by atoms with Crippen LogP contribution >= 0.6 is 11.6 Å². The number of hydrogen-bond donors (Lipinski definition) is 0. The molecule has 23 heavy (non-hydrogen) atoms. The van der Waals surface area contributed by atoms with Crippen molar-refractivity contribution in [2.24, 2.45) is 0 Å². The maximum Gasteiger partial charge on any atom is 0.229 e. The third-order valence-electron chi connectivity index (χ3n) is 4.08. The summed E-state index contributed by atoms with van der Waals surface area (Å²) in [5.41, 5.74) is 2.97. The van der Waals surface area contributed by atoms with Crippen LogP contribution < -0.4 is 4.74 Å². The van der Waals surface area contributed by atoms with Crippen molar-refractivity contribution in [2.45, 2.75) is 32.9 Å². The van der Waals surface area contributed by atoms with Crippen LogP contribution in [0.1, 0.15) is 23.7 Å². The van der Waals surface area contributed by atoms with E-state index in [-0.39, 0.29) is 12.3 Å². The van der Waals surface area contributed by atoms with Crippen molar-refractivity contribution >= 4 is 17.5 Å². The number of benzene rings is 1. The lowest BCUT2D eigenvalue weighted by Crippen LogP contribution is -2.37. The molecule has 0 spiro atoms. The summed E-state index contributed by atoms with van der Waals surface area (Å²) >= 11 is 6.19. The second-order valence-corrected chi connectivity index (χ2v) is 5.97. The third-order valence-corrected chi connectivity index (χ3v) is 4.38. The van der Waals surface area contributed by atoms with Gasteiger partial charge in [0.2, 0.25) is 5.91 Å². The van der Waals surface area contributed by atoms with Crippen molar-refractivity contribution in [3.05, 3.63) is 40.2 Å². The number of ether oxygens (including phenoxy) is 1. The van der Waals surface area contributed by atoms with Gasteiger partial charge in [0, 0.05) is 25.8 Å². The summed E-state index contributed by atoms with van der Waals surface area (Å²) in [6.07, 6.45) is 2.90. The number of aromatic nitrogens is 3. The van der Waals surface area contributed by atoms with Crippen LogP contribution in [0.15, 0.2) is 18.3 Å². The van der Waals surface area contributed by atoms with Gasteiger partial charge in [0.15, 0.2) is 0 Å². The summed E-state index contributed by atoms with van der Waals surface area (Å²) in [6.45, 7) is 4.00. The number of carbonyl (C=O) groups excluding carboxylic acids is 1. The molecule has 1 aliphatic heterocycles. The number of methoxy groups -OCH3 is 1. The van der Waals surface area contributed by atoms with Gasteiger partial charge in [-0.25, -0.2) is 0 Å². The van der Waals surface area contributed by atoms with Gasteiger partial charge in [0.05, 0.1) is 24.2 Å². The van der Waals surface area contributed by atoms with Crippen LogP contribution in [0, 0.1) is 0 Å². The minimum Gasteiger partial charge on any atom is -0.495 e. The molecule has 0 unspecified atom stereocenters. The normalized spacial score (nSPS) is 13.8. The van der Waals surface area contributed by atoms with Gasteiger partial charge < -0.3 is 9.64 Å². The van der Waals surface area contributed by atoms with Crippen LogP contribution in [0.3, 0.4) is 0 Å². The number of hydrogen-bond acceptors (Lipinski definition) is 4. The smallest absolute Gasteiger partial charge is 0.229 e. The highest BCUT2D eigenvalue weighted by atomic mass is 35.5. The lowest BCUT2D eigenvalue weighted by molar-refractivity contribution is -0.131. The van der Waals surface area contributed by atoms with Crippen LogP contribution in [-0.2, 0) is 30.7 Å². The molecular formula is C16H19ClN4O2. The first-order valence-electron chi connectivity index (χ1n) is 7.62. The van der Waals surface area contributed by atoms with Crippen molar-refractivity contribution < 1.29 is 9.53 Å². The molecule has 1 aliphatic rings. The number of carbonyl (C=O) groups is 1. The molecule has 2 heterocycles. The van der Waals surface area contributed by atoms with Gasteiger partial charge in [-0.2, -0.15) is 0 Å². The number of nitrogens with zero attached hydrogens (tertiary/aromatic N) is 4. The fraction of sp³-hybridized carbons (Fsp3) is 0.438. The van der Waals surface area contributed by atoms with Crippen LogP contribution in [0.25, 0.3) is 0 Å². The summed E-state index contributed by atoms with van der Waals surface area (Å²) in [5.74, 6) is 0.743. The standard InChI is InChI=1S/C16H19ClN4O2/c1-3-21-10-13(18-19-21)8-16(22)20-5-4-11-7-15(23-2)14(17)6-12(11)9-20/h6-7,10H,3-5,8-9H2,1-2H3. The lowest BCUT2D eigenvalue weighted by Gasteiger charge is -2.29. The number of fused-ring (bicyclic) bond motifs is 1. The van der Waals surface area contributed by atoms with E-state index in [4.69, 9.17) is 16.3 Å². The van der Waals surface area contributed by atoms with E-state index in [0.29, 0.717) is 29.6 Å². The van der Waals surface area contributed by atoms with Crippen molar-refractivity contribution in [3.63, 3.8) is 0 Å². The van der Waals surface area contributed by atoms with Gasteiger partial charge >= 0.3 is 0 Å². The van der Waals surface area contributed by atoms with Gasteiger partial charge in [-0.3, -0.25) is 9.48 Å². The Morgan fingerprint density at radius 3 is 2.91 bits per heavy atom. The van der Waals surface area contributed by atoms with E-state index in [0.717, 1.165) is 18.5 Å². The third kappa shape index (κ3) is 3.32. The van der Waals surface area contributed by atoms with Crippen LogP contribution in [-0.4, -0.2) is 39.5 Å². The van der Waals surface area contributed by atoms with E-state index in [1.165, 1.54) is 5.56 Å². The van der Waals surface area contributed by atoms with Crippen molar-refractivity contribution in [1.82, 2.24) is 19.9 Å². The molecule has 6 nitrogen and oxygen atoms in total. The Kier molecular flexibility index (Phi) is 4.52. The van der Waals surface area contributed by atoms with E-state index in [1.54, 1.807) is 11.8 Å². The Morgan fingerprint density at radius 2 is 2.22 bits per heavy atom. The molecule has 122 valence electrons. The SMILES string of the molecule is CCn1cc(CC(=O)N2CCc3cc(OC)c(Cl)cc3C2)nn1. The molecule has 0 saturated carbocycles. The average molecular weight is 335 g/mol. The monoisotopic (exact) mass is 334 g/mol. The second kappa shape index (κ2) is 6.58. The first-order valence-corrected chi connectivity index (χ1v) is 8.00. The zero-order chi connectivity index (χ0) is 16.4. The highest BCUT2D eigenvalue weighted by molar-refractivity contribution is 6.32. The van der Waals surface area contributed by atoms with Crippen molar-refractivity contribution in [2.75, 3.05) is 13.7 Å². The van der Waals surface area contributed by atoms with E-state index < -0.39 is 0 Å².